The van der Waals surface area contributed by atoms with E-state index in [9.17, 15) is 12.9 Å². The van der Waals surface area contributed by atoms with Gasteiger partial charge in [0, 0.05) is 12.4 Å². The van der Waals surface area contributed by atoms with Gasteiger partial charge in [0.15, 0.2) is 0 Å². The maximum Gasteiger partial charge on any atom is 1.00 e. The van der Waals surface area contributed by atoms with Crippen molar-refractivity contribution >= 4 is 6.98 Å². The standard InChI is InChI=1S/C2H2BF3N.Li/c4-3(5,6)1-2-7;/h1H2;/q-1;+1. The van der Waals surface area contributed by atoms with E-state index in [-0.39, 0.29) is 18.9 Å². The van der Waals surface area contributed by atoms with Crippen molar-refractivity contribution in [2.75, 3.05) is 0 Å². The van der Waals surface area contributed by atoms with E-state index in [0.717, 1.165) is 6.07 Å². The molecule has 0 atom stereocenters. The molecule has 0 saturated heterocycles. The first-order chi connectivity index (χ1) is 3.06. The van der Waals surface area contributed by atoms with Crippen LogP contribution < -0.4 is 18.9 Å². The average Bonchev–Trinajstić information content (AvgIpc) is 1.30. The Bertz CT molecular complexity index is 94.4. The van der Waals surface area contributed by atoms with Crippen molar-refractivity contribution in [1.82, 2.24) is 0 Å². The number of halogens is 3. The first kappa shape index (κ1) is 10.8. The molecule has 1 nitrogen and oxygen atoms in total. The number of hydrogen-bond acceptors (Lipinski definition) is 1. The molecule has 0 aromatic carbocycles. The summed E-state index contributed by atoms with van der Waals surface area (Å²) in [5, 5.41) is 7.45. The number of hydrogen-bond donors (Lipinski definition) is 0. The van der Waals surface area contributed by atoms with Gasteiger partial charge in [-0.05, 0) is 0 Å². The van der Waals surface area contributed by atoms with Crippen LogP contribution >= 0.6 is 0 Å². The Labute approximate surface area is 57.1 Å². The molecule has 0 rings (SSSR count). The van der Waals surface area contributed by atoms with Gasteiger partial charge in [-0.15, -0.1) is 0 Å². The maximum atomic E-state index is 10.9. The van der Waals surface area contributed by atoms with Crippen LogP contribution in [0, 0.1) is 11.3 Å². The second kappa shape index (κ2) is 3.89. The quantitative estimate of drug-likeness (QED) is 0.376. The van der Waals surface area contributed by atoms with Gasteiger partial charge in [-0.25, -0.2) is 5.26 Å². The largest absolute Gasteiger partial charge is 1.00 e. The van der Waals surface area contributed by atoms with Crippen LogP contribution in [-0.2, 0) is 0 Å². The van der Waals surface area contributed by atoms with Crippen molar-refractivity contribution in [3.63, 3.8) is 0 Å². The monoisotopic (exact) mass is 115 g/mol. The summed E-state index contributed by atoms with van der Waals surface area (Å²) in [7, 11) is 0. The molecule has 0 aromatic rings. The molecule has 0 N–H and O–H groups in total. The second-order valence-corrected chi connectivity index (χ2v) is 1.07. The van der Waals surface area contributed by atoms with E-state index in [2.05, 4.69) is 0 Å². The Morgan fingerprint density at radius 3 is 1.75 bits per heavy atom. The van der Waals surface area contributed by atoms with Crippen LogP contribution in [0.4, 0.5) is 12.9 Å². The van der Waals surface area contributed by atoms with Gasteiger partial charge in [0.05, 0.1) is 0 Å². The molecule has 0 heterocycles. The molecule has 0 amide bonds. The molecule has 8 heavy (non-hydrogen) atoms. The van der Waals surface area contributed by atoms with Crippen molar-refractivity contribution in [2.45, 2.75) is 6.32 Å². The Kier molecular flexibility index (Phi) is 5.27. The number of nitriles is 1. The Balaban J connectivity index is 0. The smallest absolute Gasteiger partial charge is 0.448 e. The molecule has 40 valence electrons. The molecule has 0 bridgehead atoms. The zero-order valence-electron chi connectivity index (χ0n) is 4.37. The number of nitrogens with zero attached hydrogens (tertiary/aromatic N) is 1. The molecule has 0 aliphatic heterocycles. The van der Waals surface area contributed by atoms with Crippen LogP contribution in [0.5, 0.6) is 0 Å². The van der Waals surface area contributed by atoms with E-state index < -0.39 is 13.3 Å². The Morgan fingerprint density at radius 2 is 1.75 bits per heavy atom. The molecular formula is C2H2BF3LiN. The molecule has 0 spiro atoms. The predicted molar refractivity (Wildman–Crippen MR) is 19.5 cm³/mol. The first-order valence-corrected chi connectivity index (χ1v) is 1.64. The Morgan fingerprint density at radius 1 is 1.38 bits per heavy atom. The summed E-state index contributed by atoms with van der Waals surface area (Å²) in [6.45, 7) is -4.85. The normalized spacial score (nSPS) is 9.25. The maximum absolute atomic E-state index is 10.9. The van der Waals surface area contributed by atoms with Crippen LogP contribution in [0.2, 0.25) is 6.32 Å². The van der Waals surface area contributed by atoms with E-state index in [1.165, 1.54) is 0 Å². The fraction of sp³-hybridized carbons (Fsp3) is 0.500. The first-order valence-electron chi connectivity index (χ1n) is 1.64. The summed E-state index contributed by atoms with van der Waals surface area (Å²) >= 11 is 0. The summed E-state index contributed by atoms with van der Waals surface area (Å²) in [5.74, 6) is 0. The van der Waals surface area contributed by atoms with Crippen LogP contribution in [0.1, 0.15) is 0 Å². The fourth-order valence-corrected chi connectivity index (χ4v) is 0.104. The Hall–Kier alpha value is -0.0577. The third kappa shape index (κ3) is 9.34. The summed E-state index contributed by atoms with van der Waals surface area (Å²) in [6, 6.07) is 1.01. The van der Waals surface area contributed by atoms with Gasteiger partial charge in [0.25, 0.3) is 0 Å². The third-order valence-corrected chi connectivity index (χ3v) is 0.323. The summed E-state index contributed by atoms with van der Waals surface area (Å²) in [5.41, 5.74) is 0. The third-order valence-electron chi connectivity index (χ3n) is 0.323. The molecule has 0 fully saturated rings. The minimum absolute atomic E-state index is 0. The summed E-state index contributed by atoms with van der Waals surface area (Å²) < 4.78 is 32.7. The van der Waals surface area contributed by atoms with Crippen LogP contribution in [-0.4, -0.2) is 6.98 Å². The summed E-state index contributed by atoms with van der Waals surface area (Å²) in [4.78, 5) is 0. The minimum atomic E-state index is -4.85. The molecule has 0 aliphatic rings. The predicted octanol–water partition coefficient (Wildman–Crippen LogP) is -1.64. The zero-order chi connectivity index (χ0) is 5.91. The topological polar surface area (TPSA) is 23.8 Å². The van der Waals surface area contributed by atoms with Crippen molar-refractivity contribution in [3.05, 3.63) is 0 Å². The zero-order valence-corrected chi connectivity index (χ0v) is 4.37. The molecule has 0 aliphatic carbocycles. The van der Waals surface area contributed by atoms with E-state index in [1.807, 2.05) is 0 Å². The van der Waals surface area contributed by atoms with Gasteiger partial charge in [0.2, 0.25) is 0 Å². The molecule has 0 radical (unpaired) electrons. The van der Waals surface area contributed by atoms with Gasteiger partial charge in [-0.1, -0.05) is 0 Å². The van der Waals surface area contributed by atoms with Crippen LogP contribution in [0.15, 0.2) is 0 Å². The van der Waals surface area contributed by atoms with Crippen molar-refractivity contribution in [1.29, 1.82) is 5.26 Å². The molecule has 0 aromatic heterocycles. The van der Waals surface area contributed by atoms with E-state index in [4.69, 9.17) is 5.26 Å². The van der Waals surface area contributed by atoms with E-state index >= 15 is 0 Å². The van der Waals surface area contributed by atoms with Crippen molar-refractivity contribution in [3.8, 4) is 6.07 Å². The molecule has 0 unspecified atom stereocenters. The van der Waals surface area contributed by atoms with Gasteiger partial charge in [0.1, 0.15) is 0 Å². The molecule has 6 heteroatoms. The fourth-order valence-electron chi connectivity index (χ4n) is 0.104. The van der Waals surface area contributed by atoms with E-state index in [1.54, 1.807) is 0 Å². The SMILES string of the molecule is N#CC[B-](F)(F)F.[Li+]. The summed E-state index contributed by atoms with van der Waals surface area (Å²) in [6.07, 6.45) is -1.29. The second-order valence-electron chi connectivity index (χ2n) is 1.07. The molecular weight excluding hydrogens is 113 g/mol. The minimum Gasteiger partial charge on any atom is -0.448 e. The van der Waals surface area contributed by atoms with Crippen molar-refractivity contribution < 1.29 is 31.8 Å². The van der Waals surface area contributed by atoms with Gasteiger partial charge < -0.3 is 12.9 Å². The van der Waals surface area contributed by atoms with Crippen LogP contribution in [0.3, 0.4) is 0 Å². The van der Waals surface area contributed by atoms with Crippen molar-refractivity contribution in [2.24, 2.45) is 0 Å². The number of rotatable bonds is 1. The van der Waals surface area contributed by atoms with Gasteiger partial charge in [-0.3, -0.25) is 0 Å². The van der Waals surface area contributed by atoms with E-state index in [0.29, 0.717) is 0 Å². The van der Waals surface area contributed by atoms with Crippen LogP contribution in [0.25, 0.3) is 0 Å². The average molecular weight is 115 g/mol. The van der Waals surface area contributed by atoms with Gasteiger partial charge in [-0.2, -0.15) is 0 Å². The van der Waals surface area contributed by atoms with Gasteiger partial charge >= 0.3 is 25.8 Å². The molecule has 0 saturated carbocycles.